The number of nitrogens with one attached hydrogen (secondary N) is 1. The van der Waals surface area contributed by atoms with E-state index in [2.05, 4.69) is 4.72 Å². The minimum atomic E-state index is -3.30. The van der Waals surface area contributed by atoms with Gasteiger partial charge in [-0.25, -0.2) is 17.6 Å². The molecular formula is C13H16N3O3S+. The fourth-order valence-electron chi connectivity index (χ4n) is 1.79. The maximum Gasteiger partial charge on any atom is 0.243 e. The second-order valence-corrected chi connectivity index (χ2v) is 6.37. The Morgan fingerprint density at radius 2 is 1.95 bits per heavy atom. The van der Waals surface area contributed by atoms with E-state index in [1.54, 1.807) is 28.8 Å². The molecule has 20 heavy (non-hydrogen) atoms. The van der Waals surface area contributed by atoms with Crippen LogP contribution in [0.2, 0.25) is 0 Å². The SMILES string of the molecule is C[n+]1ccn(CC(=O)c2ccc(NS(C)(=O)=O)cc2)c1. The summed E-state index contributed by atoms with van der Waals surface area (Å²) in [5, 5.41) is 0. The van der Waals surface area contributed by atoms with Gasteiger partial charge in [-0.3, -0.25) is 9.52 Å². The van der Waals surface area contributed by atoms with Crippen molar-refractivity contribution in [3.05, 3.63) is 48.5 Å². The highest BCUT2D eigenvalue weighted by atomic mass is 32.2. The molecule has 1 aromatic carbocycles. The fraction of sp³-hybridized carbons (Fsp3) is 0.231. The molecule has 0 atom stereocenters. The van der Waals surface area contributed by atoms with Gasteiger partial charge in [-0.2, -0.15) is 0 Å². The van der Waals surface area contributed by atoms with Crippen molar-refractivity contribution >= 4 is 21.5 Å². The van der Waals surface area contributed by atoms with Crippen LogP contribution in [0.1, 0.15) is 10.4 Å². The Kier molecular flexibility index (Phi) is 3.89. The summed E-state index contributed by atoms with van der Waals surface area (Å²) in [7, 11) is -1.42. The Labute approximate surface area is 117 Å². The molecule has 0 radical (unpaired) electrons. The largest absolute Gasteiger partial charge is 0.290 e. The first-order chi connectivity index (χ1) is 9.33. The lowest BCUT2D eigenvalue weighted by molar-refractivity contribution is -0.671. The van der Waals surface area contributed by atoms with Crippen molar-refractivity contribution in [3.8, 4) is 0 Å². The zero-order valence-electron chi connectivity index (χ0n) is 11.3. The number of sulfonamides is 1. The number of hydrogen-bond acceptors (Lipinski definition) is 3. The van der Waals surface area contributed by atoms with E-state index < -0.39 is 10.0 Å². The summed E-state index contributed by atoms with van der Waals surface area (Å²) in [6.07, 6.45) is 6.57. The summed E-state index contributed by atoms with van der Waals surface area (Å²) in [5.74, 6) is -0.0351. The fourth-order valence-corrected chi connectivity index (χ4v) is 2.35. The van der Waals surface area contributed by atoms with E-state index in [4.69, 9.17) is 0 Å². The molecule has 0 aliphatic rings. The van der Waals surface area contributed by atoms with Crippen molar-refractivity contribution in [2.75, 3.05) is 11.0 Å². The van der Waals surface area contributed by atoms with Crippen LogP contribution in [0.4, 0.5) is 5.69 Å². The molecule has 7 heteroatoms. The van der Waals surface area contributed by atoms with Gasteiger partial charge in [-0.15, -0.1) is 0 Å². The lowest BCUT2D eigenvalue weighted by Gasteiger charge is -2.04. The lowest BCUT2D eigenvalue weighted by Crippen LogP contribution is -2.24. The molecule has 1 aromatic heterocycles. The summed E-state index contributed by atoms with van der Waals surface area (Å²) in [6, 6.07) is 6.37. The van der Waals surface area contributed by atoms with Gasteiger partial charge in [0.25, 0.3) is 0 Å². The van der Waals surface area contributed by atoms with E-state index in [0.717, 1.165) is 6.26 Å². The Bertz CT molecular complexity index is 718. The van der Waals surface area contributed by atoms with E-state index >= 15 is 0 Å². The minimum absolute atomic E-state index is 0.0351. The molecule has 0 unspecified atom stereocenters. The topological polar surface area (TPSA) is 72.0 Å². The number of nitrogens with zero attached hydrogens (tertiary/aromatic N) is 2. The van der Waals surface area contributed by atoms with Crippen LogP contribution in [0.3, 0.4) is 0 Å². The van der Waals surface area contributed by atoms with E-state index in [9.17, 15) is 13.2 Å². The van der Waals surface area contributed by atoms with Crippen molar-refractivity contribution in [1.29, 1.82) is 0 Å². The number of aromatic nitrogens is 2. The van der Waals surface area contributed by atoms with Crippen molar-refractivity contribution in [2.45, 2.75) is 6.54 Å². The first-order valence-electron chi connectivity index (χ1n) is 5.95. The lowest BCUT2D eigenvalue weighted by atomic mass is 10.1. The van der Waals surface area contributed by atoms with Gasteiger partial charge in [-0.1, -0.05) is 0 Å². The molecule has 1 heterocycles. The molecule has 2 rings (SSSR count). The van der Waals surface area contributed by atoms with Gasteiger partial charge < -0.3 is 0 Å². The average Bonchev–Trinajstić information content (AvgIpc) is 2.73. The molecule has 1 N–H and O–H groups in total. The third-order valence-corrected chi connectivity index (χ3v) is 3.27. The van der Waals surface area contributed by atoms with E-state index in [-0.39, 0.29) is 12.3 Å². The molecule has 0 amide bonds. The number of carbonyl (C=O) groups excluding carboxylic acids is 1. The Balaban J connectivity index is 2.07. The van der Waals surface area contributed by atoms with Crippen molar-refractivity contribution in [3.63, 3.8) is 0 Å². The molecule has 0 bridgehead atoms. The maximum atomic E-state index is 12.1. The Morgan fingerprint density at radius 3 is 2.45 bits per heavy atom. The van der Waals surface area contributed by atoms with Crippen molar-refractivity contribution < 1.29 is 17.8 Å². The number of anilines is 1. The van der Waals surface area contributed by atoms with Crippen LogP contribution in [0, 0.1) is 0 Å². The van der Waals surface area contributed by atoms with Gasteiger partial charge in [-0.05, 0) is 24.3 Å². The second-order valence-electron chi connectivity index (χ2n) is 4.63. The van der Waals surface area contributed by atoms with Crippen LogP contribution in [-0.2, 0) is 23.6 Å². The van der Waals surface area contributed by atoms with Gasteiger partial charge in [0.2, 0.25) is 22.1 Å². The van der Waals surface area contributed by atoms with E-state index in [1.165, 1.54) is 0 Å². The molecule has 0 spiro atoms. The number of aryl methyl sites for hydroxylation is 1. The Morgan fingerprint density at radius 1 is 1.30 bits per heavy atom. The average molecular weight is 294 g/mol. The summed E-state index contributed by atoms with van der Waals surface area (Å²) < 4.78 is 28.1. The molecule has 6 nitrogen and oxygen atoms in total. The van der Waals surface area contributed by atoms with Gasteiger partial charge in [0, 0.05) is 11.3 Å². The van der Waals surface area contributed by atoms with Crippen LogP contribution in [0.5, 0.6) is 0 Å². The third-order valence-electron chi connectivity index (χ3n) is 2.66. The normalized spacial score (nSPS) is 11.3. The van der Waals surface area contributed by atoms with Crippen LogP contribution < -0.4 is 9.29 Å². The molecule has 2 aromatic rings. The number of hydrogen-bond donors (Lipinski definition) is 1. The molecule has 0 saturated carbocycles. The van der Waals surface area contributed by atoms with Crippen LogP contribution in [0.15, 0.2) is 43.0 Å². The monoisotopic (exact) mass is 294 g/mol. The van der Waals surface area contributed by atoms with Gasteiger partial charge in [0.15, 0.2) is 6.54 Å². The maximum absolute atomic E-state index is 12.1. The number of benzene rings is 1. The smallest absolute Gasteiger partial charge is 0.243 e. The highest BCUT2D eigenvalue weighted by Crippen LogP contribution is 2.11. The quantitative estimate of drug-likeness (QED) is 0.647. The molecule has 106 valence electrons. The zero-order valence-corrected chi connectivity index (χ0v) is 12.1. The number of imidazole rings is 1. The van der Waals surface area contributed by atoms with Crippen molar-refractivity contribution in [2.24, 2.45) is 7.05 Å². The minimum Gasteiger partial charge on any atom is -0.290 e. The Hall–Kier alpha value is -2.15. The molecule has 0 saturated heterocycles. The standard InChI is InChI=1S/C13H15N3O3S/c1-15-7-8-16(10-15)9-13(17)11-3-5-12(6-4-11)14-20(2,18)19/h3-8,10H,9H2,1-2H3/p+1. The van der Waals surface area contributed by atoms with Crippen LogP contribution in [0.25, 0.3) is 0 Å². The number of ketones is 1. The predicted molar refractivity (Wildman–Crippen MR) is 74.8 cm³/mol. The number of Topliss-reactive ketones (excluding diaryl/α,β-unsaturated/α-hetero) is 1. The van der Waals surface area contributed by atoms with Crippen molar-refractivity contribution in [1.82, 2.24) is 4.57 Å². The molecule has 0 aliphatic carbocycles. The first kappa shape index (κ1) is 14.3. The highest BCUT2D eigenvalue weighted by molar-refractivity contribution is 7.92. The summed E-state index contributed by atoms with van der Waals surface area (Å²) >= 11 is 0. The second kappa shape index (κ2) is 5.46. The van der Waals surface area contributed by atoms with Crippen LogP contribution in [-0.4, -0.2) is 25.0 Å². The van der Waals surface area contributed by atoms with Crippen LogP contribution >= 0.6 is 0 Å². The predicted octanol–water partition coefficient (Wildman–Crippen LogP) is 0.567. The number of carbonyl (C=O) groups is 1. The van der Waals surface area contributed by atoms with E-state index in [1.807, 2.05) is 30.3 Å². The van der Waals surface area contributed by atoms with Gasteiger partial charge >= 0.3 is 0 Å². The summed E-state index contributed by atoms with van der Waals surface area (Å²) in [5.41, 5.74) is 0.983. The molecule has 0 fully saturated rings. The highest BCUT2D eigenvalue weighted by Gasteiger charge is 2.11. The summed E-state index contributed by atoms with van der Waals surface area (Å²) in [4.78, 5) is 12.1. The van der Waals surface area contributed by atoms with Gasteiger partial charge in [0.1, 0.15) is 12.4 Å². The van der Waals surface area contributed by atoms with Gasteiger partial charge in [0.05, 0.1) is 13.3 Å². The third kappa shape index (κ3) is 3.92. The zero-order chi connectivity index (χ0) is 14.8. The number of rotatable bonds is 5. The first-order valence-corrected chi connectivity index (χ1v) is 7.85. The van der Waals surface area contributed by atoms with E-state index in [0.29, 0.717) is 11.3 Å². The summed E-state index contributed by atoms with van der Waals surface area (Å²) in [6.45, 7) is 0.250. The molecule has 0 aliphatic heterocycles. The molecular weight excluding hydrogens is 278 g/mol.